The number of carboxylic acids is 1. The van der Waals surface area contributed by atoms with Gasteiger partial charge in [-0.2, -0.15) is 0 Å². The Bertz CT molecular complexity index is 269. The molecule has 0 heterocycles. The van der Waals surface area contributed by atoms with Crippen molar-refractivity contribution >= 4 is 11.9 Å². The molecular weight excluding hydrogens is 220 g/mol. The molecule has 0 radical (unpaired) electrons. The molecule has 0 aromatic rings. The fourth-order valence-electron chi connectivity index (χ4n) is 1.28. The molecule has 0 bridgehead atoms. The smallest absolute Gasteiger partial charge is 0.326 e. The number of hydrogen-bond acceptors (Lipinski definition) is 3. The van der Waals surface area contributed by atoms with Crippen molar-refractivity contribution in [3.8, 4) is 0 Å². The number of carbonyl (C=O) groups excluding carboxylic acids is 1. The summed E-state index contributed by atoms with van der Waals surface area (Å²) in [5.74, 6) is -1.04. The summed E-state index contributed by atoms with van der Waals surface area (Å²) in [6, 6.07) is -0.802. The van der Waals surface area contributed by atoms with Gasteiger partial charge >= 0.3 is 5.97 Å². The van der Waals surface area contributed by atoms with Crippen LogP contribution in [0.5, 0.6) is 0 Å². The lowest BCUT2D eigenvalue weighted by Gasteiger charge is -2.21. The molecule has 0 saturated heterocycles. The number of hydrogen-bond donors (Lipinski definition) is 3. The molecule has 3 N–H and O–H groups in total. The Morgan fingerprint density at radius 1 is 1.24 bits per heavy atom. The molecule has 5 heteroatoms. The fraction of sp³-hybridized carbons (Fsp3) is 0.833. The van der Waals surface area contributed by atoms with Crippen molar-refractivity contribution in [1.29, 1.82) is 0 Å². The Morgan fingerprint density at radius 2 is 1.76 bits per heavy atom. The normalized spacial score (nSPS) is 13.5. The number of carbonyl (C=O) groups is 2. The first-order valence-electron chi connectivity index (χ1n) is 5.89. The van der Waals surface area contributed by atoms with Gasteiger partial charge in [0.2, 0.25) is 5.91 Å². The van der Waals surface area contributed by atoms with E-state index in [9.17, 15) is 9.59 Å². The summed E-state index contributed by atoms with van der Waals surface area (Å²) in [4.78, 5) is 22.5. The largest absolute Gasteiger partial charge is 0.480 e. The van der Waals surface area contributed by atoms with E-state index >= 15 is 0 Å². The Hall–Kier alpha value is -1.10. The van der Waals surface area contributed by atoms with Crippen LogP contribution in [0.25, 0.3) is 0 Å². The first-order valence-corrected chi connectivity index (χ1v) is 5.89. The van der Waals surface area contributed by atoms with E-state index in [2.05, 4.69) is 10.6 Å². The summed E-state index contributed by atoms with van der Waals surface area (Å²) in [5.41, 5.74) is -0.159. The standard InChI is InChI=1S/C12H24N2O3/c1-8(2)6-9(11(16)17)14-10(15)7-13-12(3,4)5/h8-9,13H,6-7H2,1-5H3,(H,14,15)(H,16,17)/t9-/m0/s1. The van der Waals surface area contributed by atoms with Crippen LogP contribution in [0.2, 0.25) is 0 Å². The maximum Gasteiger partial charge on any atom is 0.326 e. The summed E-state index contributed by atoms with van der Waals surface area (Å²) < 4.78 is 0. The van der Waals surface area contributed by atoms with E-state index in [1.807, 2.05) is 34.6 Å². The van der Waals surface area contributed by atoms with E-state index in [0.717, 1.165) is 0 Å². The molecule has 0 rings (SSSR count). The highest BCUT2D eigenvalue weighted by atomic mass is 16.4. The van der Waals surface area contributed by atoms with Gasteiger partial charge in [0.25, 0.3) is 0 Å². The molecule has 1 amide bonds. The van der Waals surface area contributed by atoms with E-state index in [-0.39, 0.29) is 23.9 Å². The van der Waals surface area contributed by atoms with Gasteiger partial charge in [-0.25, -0.2) is 4.79 Å². The van der Waals surface area contributed by atoms with Crippen LogP contribution in [0.1, 0.15) is 41.0 Å². The molecule has 0 spiro atoms. The first-order chi connectivity index (χ1) is 7.61. The number of carboxylic acid groups (broad SMARTS) is 1. The molecule has 0 saturated carbocycles. The van der Waals surface area contributed by atoms with Crippen LogP contribution in [0, 0.1) is 5.92 Å². The Balaban J connectivity index is 4.18. The maximum absolute atomic E-state index is 11.5. The van der Waals surface area contributed by atoms with Crippen LogP contribution in [-0.4, -0.2) is 35.1 Å². The molecule has 5 nitrogen and oxygen atoms in total. The van der Waals surface area contributed by atoms with Gasteiger partial charge in [-0.1, -0.05) is 13.8 Å². The quantitative estimate of drug-likeness (QED) is 0.651. The Labute approximate surface area is 103 Å². The van der Waals surface area contributed by atoms with Gasteiger partial charge in [-0.05, 0) is 33.1 Å². The van der Waals surface area contributed by atoms with Crippen molar-refractivity contribution < 1.29 is 14.7 Å². The monoisotopic (exact) mass is 244 g/mol. The lowest BCUT2D eigenvalue weighted by atomic mass is 10.0. The predicted molar refractivity (Wildman–Crippen MR) is 66.8 cm³/mol. The second kappa shape index (κ2) is 6.59. The minimum Gasteiger partial charge on any atom is -0.480 e. The van der Waals surface area contributed by atoms with Crippen molar-refractivity contribution in [2.75, 3.05) is 6.54 Å². The van der Waals surface area contributed by atoms with Crippen LogP contribution in [0.3, 0.4) is 0 Å². The lowest BCUT2D eigenvalue weighted by Crippen LogP contribution is -2.48. The Morgan fingerprint density at radius 3 is 2.12 bits per heavy atom. The average molecular weight is 244 g/mol. The highest BCUT2D eigenvalue weighted by molar-refractivity contribution is 5.84. The summed E-state index contributed by atoms with van der Waals surface area (Å²) in [7, 11) is 0. The number of aliphatic carboxylic acids is 1. The van der Waals surface area contributed by atoms with E-state index < -0.39 is 12.0 Å². The molecule has 0 fully saturated rings. The van der Waals surface area contributed by atoms with E-state index in [4.69, 9.17) is 5.11 Å². The molecule has 0 aliphatic carbocycles. The van der Waals surface area contributed by atoms with Crippen LogP contribution in [0.4, 0.5) is 0 Å². The molecule has 1 atom stereocenters. The van der Waals surface area contributed by atoms with Gasteiger partial charge in [-0.15, -0.1) is 0 Å². The first kappa shape index (κ1) is 15.9. The minimum absolute atomic E-state index is 0.130. The molecular formula is C12H24N2O3. The Kier molecular flexibility index (Phi) is 6.16. The fourth-order valence-corrected chi connectivity index (χ4v) is 1.28. The zero-order chi connectivity index (χ0) is 13.6. The van der Waals surface area contributed by atoms with Gasteiger partial charge in [0.15, 0.2) is 0 Å². The van der Waals surface area contributed by atoms with Gasteiger partial charge < -0.3 is 15.7 Å². The molecule has 0 aliphatic heterocycles. The topological polar surface area (TPSA) is 78.4 Å². The number of amides is 1. The second-order valence-corrected chi connectivity index (χ2v) is 5.69. The molecule has 100 valence electrons. The van der Waals surface area contributed by atoms with Crippen LogP contribution in [-0.2, 0) is 9.59 Å². The minimum atomic E-state index is -0.984. The van der Waals surface area contributed by atoms with Gasteiger partial charge in [0.05, 0.1) is 6.54 Å². The van der Waals surface area contributed by atoms with Gasteiger partial charge in [-0.3, -0.25) is 4.79 Å². The predicted octanol–water partition coefficient (Wildman–Crippen LogP) is 0.990. The van der Waals surface area contributed by atoms with E-state index in [1.54, 1.807) is 0 Å². The number of rotatable bonds is 6. The third-order valence-corrected chi connectivity index (χ3v) is 2.12. The SMILES string of the molecule is CC(C)C[C@H](NC(=O)CNC(C)(C)C)C(=O)O. The summed E-state index contributed by atoms with van der Waals surface area (Å²) in [6.07, 6.45) is 0.441. The number of nitrogens with one attached hydrogen (secondary N) is 2. The van der Waals surface area contributed by atoms with Crippen molar-refractivity contribution in [3.05, 3.63) is 0 Å². The van der Waals surface area contributed by atoms with Crippen molar-refractivity contribution in [2.24, 2.45) is 5.92 Å². The second-order valence-electron chi connectivity index (χ2n) is 5.69. The molecule has 0 aliphatic rings. The molecule has 17 heavy (non-hydrogen) atoms. The zero-order valence-corrected chi connectivity index (χ0v) is 11.3. The lowest BCUT2D eigenvalue weighted by molar-refractivity contribution is -0.142. The third-order valence-electron chi connectivity index (χ3n) is 2.12. The molecule has 0 unspecified atom stereocenters. The molecule has 0 aromatic carbocycles. The van der Waals surface area contributed by atoms with Crippen molar-refractivity contribution in [1.82, 2.24) is 10.6 Å². The van der Waals surface area contributed by atoms with Crippen molar-refractivity contribution in [3.63, 3.8) is 0 Å². The zero-order valence-electron chi connectivity index (χ0n) is 11.3. The van der Waals surface area contributed by atoms with Crippen LogP contribution >= 0.6 is 0 Å². The van der Waals surface area contributed by atoms with Crippen LogP contribution in [0.15, 0.2) is 0 Å². The van der Waals surface area contributed by atoms with E-state index in [0.29, 0.717) is 6.42 Å². The van der Waals surface area contributed by atoms with Gasteiger partial charge in [0, 0.05) is 5.54 Å². The third kappa shape index (κ3) is 8.68. The molecule has 0 aromatic heterocycles. The maximum atomic E-state index is 11.5. The van der Waals surface area contributed by atoms with Crippen LogP contribution < -0.4 is 10.6 Å². The summed E-state index contributed by atoms with van der Waals surface area (Å²) in [5, 5.41) is 14.5. The highest BCUT2D eigenvalue weighted by Crippen LogP contribution is 2.05. The van der Waals surface area contributed by atoms with Crippen molar-refractivity contribution in [2.45, 2.75) is 52.6 Å². The highest BCUT2D eigenvalue weighted by Gasteiger charge is 2.21. The summed E-state index contributed by atoms with van der Waals surface area (Å²) >= 11 is 0. The van der Waals surface area contributed by atoms with E-state index in [1.165, 1.54) is 0 Å². The average Bonchev–Trinajstić information content (AvgIpc) is 2.11. The summed E-state index contributed by atoms with van der Waals surface area (Å²) in [6.45, 7) is 9.83. The van der Waals surface area contributed by atoms with Gasteiger partial charge in [0.1, 0.15) is 6.04 Å².